The van der Waals surface area contributed by atoms with Crippen molar-refractivity contribution in [1.82, 2.24) is 9.97 Å². The molecule has 2 aromatic heterocycles. The van der Waals surface area contributed by atoms with E-state index in [0.717, 1.165) is 50.0 Å². The minimum atomic E-state index is -0.522. The van der Waals surface area contributed by atoms with Crippen LogP contribution in [0.3, 0.4) is 0 Å². The van der Waals surface area contributed by atoms with Gasteiger partial charge in [0.1, 0.15) is 11.2 Å². The molecule has 3 heteroatoms. The molecule has 0 amide bonds. The molecule has 2 heterocycles. The molecular weight excluding hydrogens is 681 g/mol. The molecule has 0 bridgehead atoms. The maximum atomic E-state index is 6.18. The molecule has 8 aromatic carbocycles. The molecule has 0 N–H and O–H groups in total. The van der Waals surface area contributed by atoms with Gasteiger partial charge in [-0.25, -0.2) is 9.97 Å². The van der Waals surface area contributed by atoms with Crippen molar-refractivity contribution in [2.24, 2.45) is 0 Å². The summed E-state index contributed by atoms with van der Waals surface area (Å²) in [6, 6.07) is 69.9. The number of rotatable bonds is 3. The first-order valence-corrected chi connectivity index (χ1v) is 19.2. The van der Waals surface area contributed by atoms with Crippen molar-refractivity contribution < 1.29 is 4.42 Å². The molecule has 2 aliphatic carbocycles. The van der Waals surface area contributed by atoms with E-state index in [1.807, 2.05) is 24.3 Å². The van der Waals surface area contributed by atoms with Crippen LogP contribution in [0, 0.1) is 0 Å². The van der Waals surface area contributed by atoms with Crippen LogP contribution in [0.1, 0.15) is 22.3 Å². The minimum absolute atomic E-state index is 0.522. The van der Waals surface area contributed by atoms with Crippen molar-refractivity contribution in [2.75, 3.05) is 0 Å². The van der Waals surface area contributed by atoms with Crippen molar-refractivity contribution in [1.29, 1.82) is 0 Å². The molecule has 0 aliphatic heterocycles. The van der Waals surface area contributed by atoms with Crippen molar-refractivity contribution >= 4 is 21.9 Å². The summed E-state index contributed by atoms with van der Waals surface area (Å²) >= 11 is 0. The van der Waals surface area contributed by atoms with Crippen LogP contribution in [0.15, 0.2) is 199 Å². The van der Waals surface area contributed by atoms with E-state index in [1.165, 1.54) is 55.6 Å². The van der Waals surface area contributed by atoms with Crippen molar-refractivity contribution in [3.8, 4) is 67.3 Å². The van der Waals surface area contributed by atoms with E-state index in [1.54, 1.807) is 0 Å². The third kappa shape index (κ3) is 4.34. The molecule has 10 aromatic rings. The Morgan fingerprint density at radius 1 is 0.321 bits per heavy atom. The SMILES string of the molecule is c1ccc(-c2cc(-c3ccc4c(c3)-c3ccccc3C43c4ccccc4-c4ccccc4-c4ccccc43)nc(-c3ccc4oc5ccccc5c4c3)n2)cc1. The summed E-state index contributed by atoms with van der Waals surface area (Å²) in [5, 5.41) is 2.14. The van der Waals surface area contributed by atoms with Crippen LogP contribution >= 0.6 is 0 Å². The van der Waals surface area contributed by atoms with Gasteiger partial charge in [-0.2, -0.15) is 0 Å². The minimum Gasteiger partial charge on any atom is -0.456 e. The van der Waals surface area contributed by atoms with Crippen LogP contribution in [0.4, 0.5) is 0 Å². The van der Waals surface area contributed by atoms with Gasteiger partial charge in [0.25, 0.3) is 0 Å². The Balaban J connectivity index is 1.10. The Labute approximate surface area is 324 Å². The molecule has 0 atom stereocenters. The predicted molar refractivity (Wildman–Crippen MR) is 227 cm³/mol. The molecule has 2 aliphatic rings. The van der Waals surface area contributed by atoms with Gasteiger partial charge in [-0.05, 0) is 92.0 Å². The topological polar surface area (TPSA) is 38.9 Å². The molecule has 0 saturated heterocycles. The number of aromatic nitrogens is 2. The normalized spacial score (nSPS) is 13.1. The van der Waals surface area contributed by atoms with Crippen LogP contribution < -0.4 is 0 Å². The standard InChI is InChI=1S/C53H32N2O/c1-2-14-33(15-3-1)48-32-49(55-52(54-48)35-27-29-51-43(31-35)41-21-9-13-25-50(41)56-51)34-26-28-47-42(30-34)40-20-8-12-24-46(40)53(47)44-22-10-6-18-38(44)36-16-4-5-17-37(36)39-19-7-11-23-45(39)53/h1-32H. The van der Waals surface area contributed by atoms with E-state index in [0.29, 0.717) is 5.82 Å². The van der Waals surface area contributed by atoms with E-state index < -0.39 is 5.41 Å². The van der Waals surface area contributed by atoms with Gasteiger partial charge in [0, 0.05) is 27.5 Å². The van der Waals surface area contributed by atoms with Crippen LogP contribution in [0.2, 0.25) is 0 Å². The highest BCUT2D eigenvalue weighted by atomic mass is 16.3. The van der Waals surface area contributed by atoms with Gasteiger partial charge in [0.15, 0.2) is 5.82 Å². The van der Waals surface area contributed by atoms with Crippen molar-refractivity contribution in [3.63, 3.8) is 0 Å². The zero-order valence-corrected chi connectivity index (χ0v) is 30.3. The van der Waals surface area contributed by atoms with E-state index in [-0.39, 0.29) is 0 Å². The Kier molecular flexibility index (Phi) is 6.55. The average Bonchev–Trinajstić information content (AvgIpc) is 3.76. The van der Waals surface area contributed by atoms with Gasteiger partial charge in [-0.3, -0.25) is 0 Å². The van der Waals surface area contributed by atoms with E-state index in [4.69, 9.17) is 14.4 Å². The first-order valence-electron chi connectivity index (χ1n) is 19.2. The van der Waals surface area contributed by atoms with Crippen LogP contribution in [-0.2, 0) is 5.41 Å². The Hall–Kier alpha value is -7.36. The van der Waals surface area contributed by atoms with E-state index >= 15 is 0 Å². The summed E-state index contributed by atoms with van der Waals surface area (Å²) in [7, 11) is 0. The number of furan rings is 1. The second kappa shape index (κ2) is 11.8. The molecule has 0 radical (unpaired) electrons. The molecule has 3 nitrogen and oxygen atoms in total. The zero-order chi connectivity index (χ0) is 36.8. The van der Waals surface area contributed by atoms with Gasteiger partial charge in [-0.15, -0.1) is 0 Å². The smallest absolute Gasteiger partial charge is 0.160 e. The molecular formula is C53H32N2O. The highest BCUT2D eigenvalue weighted by molar-refractivity contribution is 6.06. The Morgan fingerprint density at radius 2 is 0.821 bits per heavy atom. The molecule has 56 heavy (non-hydrogen) atoms. The maximum absolute atomic E-state index is 6.18. The highest BCUT2D eigenvalue weighted by Crippen LogP contribution is 2.61. The number of fused-ring (bicyclic) bond motifs is 15. The molecule has 12 rings (SSSR count). The second-order valence-electron chi connectivity index (χ2n) is 14.8. The molecule has 260 valence electrons. The summed E-state index contributed by atoms with van der Waals surface area (Å²) in [6.07, 6.45) is 0. The lowest BCUT2D eigenvalue weighted by Crippen LogP contribution is -2.29. The quantitative estimate of drug-likeness (QED) is 0.183. The van der Waals surface area contributed by atoms with Gasteiger partial charge in [-0.1, -0.05) is 158 Å². The molecule has 0 unspecified atom stereocenters. The first-order chi connectivity index (χ1) is 27.8. The van der Waals surface area contributed by atoms with Crippen LogP contribution in [-0.4, -0.2) is 9.97 Å². The molecule has 1 spiro atoms. The second-order valence-corrected chi connectivity index (χ2v) is 14.8. The zero-order valence-electron chi connectivity index (χ0n) is 30.3. The number of para-hydroxylation sites is 1. The maximum Gasteiger partial charge on any atom is 0.160 e. The summed E-state index contributed by atoms with van der Waals surface area (Å²) in [5.41, 5.74) is 18.7. The number of nitrogens with zero attached hydrogens (tertiary/aromatic N) is 2. The van der Waals surface area contributed by atoms with Crippen LogP contribution in [0.5, 0.6) is 0 Å². The highest BCUT2D eigenvalue weighted by Gasteiger charge is 2.49. The van der Waals surface area contributed by atoms with Crippen molar-refractivity contribution in [3.05, 3.63) is 216 Å². The summed E-state index contributed by atoms with van der Waals surface area (Å²) < 4.78 is 6.18. The summed E-state index contributed by atoms with van der Waals surface area (Å²) in [4.78, 5) is 10.5. The lowest BCUT2D eigenvalue weighted by molar-refractivity contribution is 0.669. The number of hydrogen-bond acceptors (Lipinski definition) is 3. The molecule has 0 saturated carbocycles. The number of benzene rings is 8. The fourth-order valence-corrected chi connectivity index (χ4v) is 9.56. The van der Waals surface area contributed by atoms with E-state index in [9.17, 15) is 0 Å². The third-order valence-corrected chi connectivity index (χ3v) is 11.9. The largest absolute Gasteiger partial charge is 0.456 e. The first kappa shape index (κ1) is 31.0. The lowest BCUT2D eigenvalue weighted by atomic mass is 9.66. The monoisotopic (exact) mass is 712 g/mol. The average molecular weight is 713 g/mol. The summed E-state index contributed by atoms with van der Waals surface area (Å²) in [5.74, 6) is 0.676. The van der Waals surface area contributed by atoms with Gasteiger partial charge >= 0.3 is 0 Å². The predicted octanol–water partition coefficient (Wildman–Crippen LogP) is 13.4. The Bertz CT molecular complexity index is 3140. The van der Waals surface area contributed by atoms with E-state index in [2.05, 4.69) is 170 Å². The van der Waals surface area contributed by atoms with Gasteiger partial charge in [0.2, 0.25) is 0 Å². The van der Waals surface area contributed by atoms with Gasteiger partial charge in [0.05, 0.1) is 16.8 Å². The summed E-state index contributed by atoms with van der Waals surface area (Å²) in [6.45, 7) is 0. The van der Waals surface area contributed by atoms with Crippen LogP contribution in [0.25, 0.3) is 89.2 Å². The fourth-order valence-electron chi connectivity index (χ4n) is 9.56. The fraction of sp³-hybridized carbons (Fsp3) is 0.0189. The van der Waals surface area contributed by atoms with Crippen molar-refractivity contribution in [2.45, 2.75) is 5.41 Å². The molecule has 0 fully saturated rings. The number of hydrogen-bond donors (Lipinski definition) is 0. The van der Waals surface area contributed by atoms with Gasteiger partial charge < -0.3 is 4.42 Å². The lowest BCUT2D eigenvalue weighted by Gasteiger charge is -2.35. The third-order valence-electron chi connectivity index (χ3n) is 11.9. The Morgan fingerprint density at radius 3 is 1.50 bits per heavy atom.